The van der Waals surface area contributed by atoms with Crippen molar-refractivity contribution in [1.29, 1.82) is 0 Å². The molecule has 0 unspecified atom stereocenters. The summed E-state index contributed by atoms with van der Waals surface area (Å²) < 4.78 is 3.21. The molecule has 1 amide bonds. The Morgan fingerprint density at radius 2 is 1.42 bits per heavy atom. The van der Waals surface area contributed by atoms with Gasteiger partial charge in [-0.2, -0.15) is 0 Å². The first-order chi connectivity index (χ1) is 17.5. The third-order valence-corrected chi connectivity index (χ3v) is 8.26. The highest BCUT2D eigenvalue weighted by molar-refractivity contribution is 9.10. The van der Waals surface area contributed by atoms with E-state index in [1.807, 2.05) is 72.8 Å². The first kappa shape index (κ1) is 24.3. The van der Waals surface area contributed by atoms with Crippen molar-refractivity contribution < 1.29 is 4.79 Å². The van der Waals surface area contributed by atoms with E-state index in [-0.39, 0.29) is 5.91 Å². The minimum Gasteiger partial charge on any atom is -0.317 e. The number of hydrogen-bond donors (Lipinski definition) is 0. The van der Waals surface area contributed by atoms with Crippen LogP contribution in [0, 0.1) is 13.8 Å². The van der Waals surface area contributed by atoms with E-state index < -0.39 is 0 Å². The number of carbonyl (C=O) groups excluding carboxylic acids is 1. The van der Waals surface area contributed by atoms with Crippen LogP contribution in [0.4, 0.5) is 0 Å². The van der Waals surface area contributed by atoms with E-state index in [0.717, 1.165) is 43.4 Å². The molecule has 4 nitrogen and oxygen atoms in total. The molecule has 36 heavy (non-hydrogen) atoms. The predicted octanol–water partition coefficient (Wildman–Crippen LogP) is 7.53. The second-order valence-corrected chi connectivity index (χ2v) is 10.4. The topological polar surface area (TPSA) is 37.6 Å². The molecule has 4 aromatic rings. The second-order valence-electron chi connectivity index (χ2n) is 8.64. The molecule has 0 radical (unpaired) electrons. The maximum atomic E-state index is 13.7. The molecule has 1 aliphatic rings. The number of halogens is 1. The van der Waals surface area contributed by atoms with Crippen LogP contribution in [0.2, 0.25) is 0 Å². The van der Waals surface area contributed by atoms with E-state index in [1.54, 1.807) is 4.90 Å². The predicted molar refractivity (Wildman–Crippen MR) is 153 cm³/mol. The van der Waals surface area contributed by atoms with Gasteiger partial charge in [0.15, 0.2) is 5.17 Å². The summed E-state index contributed by atoms with van der Waals surface area (Å²) in [7, 11) is 0. The minimum absolute atomic E-state index is 0.0212. The number of nitrogens with zero attached hydrogens (tertiary/aromatic N) is 3. The molecule has 180 valence electrons. The van der Waals surface area contributed by atoms with Gasteiger partial charge < -0.3 is 4.57 Å². The van der Waals surface area contributed by atoms with Crippen molar-refractivity contribution in [2.24, 2.45) is 4.99 Å². The van der Waals surface area contributed by atoms with Gasteiger partial charge in [-0.15, -0.1) is 0 Å². The van der Waals surface area contributed by atoms with E-state index >= 15 is 0 Å². The number of amidine groups is 1. The van der Waals surface area contributed by atoms with Crippen molar-refractivity contribution in [1.82, 2.24) is 9.47 Å². The SMILES string of the molecule is Cc1c(Br)c(/C=C2\SC(=NCc3ccccc3)N(Cc3ccccc3)C2=O)c(C)n1-c1ccccc1. The number of thioether (sulfide) groups is 1. The van der Waals surface area contributed by atoms with E-state index in [4.69, 9.17) is 4.99 Å². The van der Waals surface area contributed by atoms with E-state index in [9.17, 15) is 4.79 Å². The van der Waals surface area contributed by atoms with Crippen LogP contribution in [0.1, 0.15) is 28.1 Å². The molecule has 6 heteroatoms. The quantitative estimate of drug-likeness (QED) is 0.230. The van der Waals surface area contributed by atoms with Gasteiger partial charge in [0, 0.05) is 27.1 Å². The lowest BCUT2D eigenvalue weighted by atomic mass is 10.2. The number of rotatable bonds is 6. The fraction of sp³-hybridized carbons (Fsp3) is 0.133. The molecule has 1 saturated heterocycles. The number of hydrogen-bond acceptors (Lipinski definition) is 3. The van der Waals surface area contributed by atoms with Crippen molar-refractivity contribution in [2.75, 3.05) is 0 Å². The standard InChI is InChI=1S/C30H26BrN3OS/c1-21-26(28(31)22(2)34(21)25-16-10-5-11-17-25)18-27-29(35)33(20-24-14-8-4-9-15-24)30(36-27)32-19-23-12-6-3-7-13-23/h3-18H,19-20H2,1-2H3/b27-18-,32-30?. The Kier molecular flexibility index (Phi) is 7.25. The zero-order valence-corrected chi connectivity index (χ0v) is 22.6. The fourth-order valence-electron chi connectivity index (χ4n) is 4.36. The summed E-state index contributed by atoms with van der Waals surface area (Å²) in [6.45, 7) is 5.20. The summed E-state index contributed by atoms with van der Waals surface area (Å²) >= 11 is 5.24. The van der Waals surface area contributed by atoms with Crippen LogP contribution in [0.5, 0.6) is 0 Å². The number of amides is 1. The highest BCUT2D eigenvalue weighted by atomic mass is 79.9. The molecule has 1 aromatic heterocycles. The van der Waals surface area contributed by atoms with Crippen LogP contribution in [0.15, 0.2) is 105 Å². The van der Waals surface area contributed by atoms with E-state index in [1.165, 1.54) is 11.8 Å². The number of aromatic nitrogens is 1. The fourth-order valence-corrected chi connectivity index (χ4v) is 5.90. The number of aliphatic imine (C=N–C) groups is 1. The van der Waals surface area contributed by atoms with Gasteiger partial charge in [0.1, 0.15) is 0 Å². The van der Waals surface area contributed by atoms with E-state index in [2.05, 4.69) is 58.6 Å². The van der Waals surface area contributed by atoms with Gasteiger partial charge in [0.2, 0.25) is 0 Å². The summed E-state index contributed by atoms with van der Waals surface area (Å²) in [4.78, 5) is 21.0. The van der Waals surface area contributed by atoms with Gasteiger partial charge >= 0.3 is 0 Å². The van der Waals surface area contributed by atoms with Crippen LogP contribution in [-0.2, 0) is 17.9 Å². The van der Waals surface area contributed by atoms with Crippen LogP contribution in [0.25, 0.3) is 11.8 Å². The average Bonchev–Trinajstić information content (AvgIpc) is 3.32. The highest BCUT2D eigenvalue weighted by Crippen LogP contribution is 2.38. The molecule has 3 aromatic carbocycles. The second kappa shape index (κ2) is 10.7. The molecule has 0 aliphatic carbocycles. The monoisotopic (exact) mass is 555 g/mol. The Morgan fingerprint density at radius 3 is 2.06 bits per heavy atom. The van der Waals surface area contributed by atoms with Gasteiger partial charge in [-0.25, -0.2) is 0 Å². The zero-order chi connectivity index (χ0) is 25.1. The summed E-state index contributed by atoms with van der Waals surface area (Å²) in [6.07, 6.45) is 2.00. The van der Waals surface area contributed by atoms with Gasteiger partial charge in [-0.1, -0.05) is 78.9 Å². The lowest BCUT2D eigenvalue weighted by Crippen LogP contribution is -2.28. The maximum Gasteiger partial charge on any atom is 0.267 e. The van der Waals surface area contributed by atoms with Crippen molar-refractivity contribution in [3.05, 3.63) is 128 Å². The van der Waals surface area contributed by atoms with Gasteiger partial charge in [0.25, 0.3) is 5.91 Å². The normalized spacial score (nSPS) is 15.9. The highest BCUT2D eigenvalue weighted by Gasteiger charge is 2.34. The molecule has 1 aliphatic heterocycles. The molecular weight excluding hydrogens is 530 g/mol. The van der Waals surface area contributed by atoms with Crippen LogP contribution < -0.4 is 0 Å². The number of carbonyl (C=O) groups is 1. The Bertz CT molecular complexity index is 1440. The Balaban J connectivity index is 1.52. The Morgan fingerprint density at radius 1 is 0.833 bits per heavy atom. The summed E-state index contributed by atoms with van der Waals surface area (Å²) in [6, 6.07) is 30.5. The van der Waals surface area contributed by atoms with Gasteiger partial charge in [-0.3, -0.25) is 14.7 Å². The van der Waals surface area contributed by atoms with Gasteiger partial charge in [-0.05, 0) is 70.9 Å². The maximum absolute atomic E-state index is 13.7. The summed E-state index contributed by atoms with van der Waals surface area (Å²) in [5, 5.41) is 0.729. The largest absolute Gasteiger partial charge is 0.317 e. The molecule has 0 N–H and O–H groups in total. The summed E-state index contributed by atoms with van der Waals surface area (Å²) in [5.74, 6) is -0.0212. The Hall–Kier alpha value is -3.35. The van der Waals surface area contributed by atoms with Crippen LogP contribution >= 0.6 is 27.7 Å². The van der Waals surface area contributed by atoms with Crippen molar-refractivity contribution in [2.45, 2.75) is 26.9 Å². The third kappa shape index (κ3) is 4.97. The van der Waals surface area contributed by atoms with Crippen LogP contribution in [0.3, 0.4) is 0 Å². The first-order valence-electron chi connectivity index (χ1n) is 11.8. The molecule has 0 atom stereocenters. The molecular formula is C30H26BrN3OS. The van der Waals surface area contributed by atoms with Crippen molar-refractivity contribution in [3.8, 4) is 5.69 Å². The minimum atomic E-state index is -0.0212. The smallest absolute Gasteiger partial charge is 0.267 e. The molecule has 2 heterocycles. The molecule has 5 rings (SSSR count). The van der Waals surface area contributed by atoms with Crippen LogP contribution in [-0.4, -0.2) is 20.5 Å². The zero-order valence-electron chi connectivity index (χ0n) is 20.2. The van der Waals surface area contributed by atoms with Crippen molar-refractivity contribution >= 4 is 44.8 Å². The van der Waals surface area contributed by atoms with Crippen molar-refractivity contribution in [3.63, 3.8) is 0 Å². The number of benzene rings is 3. The molecule has 0 bridgehead atoms. The number of para-hydroxylation sites is 1. The first-order valence-corrected chi connectivity index (χ1v) is 13.4. The molecule has 0 saturated carbocycles. The van der Waals surface area contributed by atoms with E-state index in [0.29, 0.717) is 18.0 Å². The lowest BCUT2D eigenvalue weighted by molar-refractivity contribution is -0.122. The van der Waals surface area contributed by atoms with Gasteiger partial charge in [0.05, 0.1) is 18.0 Å². The average molecular weight is 557 g/mol. The Labute approximate surface area is 224 Å². The lowest BCUT2D eigenvalue weighted by Gasteiger charge is -2.15. The molecule has 0 spiro atoms. The third-order valence-electron chi connectivity index (χ3n) is 6.22. The summed E-state index contributed by atoms with van der Waals surface area (Å²) in [5.41, 5.74) is 6.47. The molecule has 1 fully saturated rings.